The summed E-state index contributed by atoms with van der Waals surface area (Å²) < 4.78 is 13.0. The van der Waals surface area contributed by atoms with E-state index in [-0.39, 0.29) is 5.56 Å². The molecule has 160 valence electrons. The van der Waals surface area contributed by atoms with Crippen LogP contribution in [0.1, 0.15) is 25.3 Å². The highest BCUT2D eigenvalue weighted by molar-refractivity contribution is 7.15. The molecule has 6 nitrogen and oxygen atoms in total. The van der Waals surface area contributed by atoms with E-state index in [0.717, 1.165) is 18.4 Å². The molecule has 0 unspecified atom stereocenters. The molecule has 2 heterocycles. The van der Waals surface area contributed by atoms with E-state index >= 15 is 0 Å². The quantitative estimate of drug-likeness (QED) is 0.357. The number of unbranched alkanes of at least 4 members (excludes halogenated alkanes) is 1. The second-order valence-corrected chi connectivity index (χ2v) is 8.63. The third kappa shape index (κ3) is 4.54. The molecule has 0 N–H and O–H groups in total. The summed E-state index contributed by atoms with van der Waals surface area (Å²) in [5.41, 5.74) is 1.20. The van der Waals surface area contributed by atoms with Gasteiger partial charge in [0.05, 0.1) is 23.3 Å². The largest absolute Gasteiger partial charge is 0.493 e. The van der Waals surface area contributed by atoms with Gasteiger partial charge in [-0.2, -0.15) is 9.50 Å². The van der Waals surface area contributed by atoms with Gasteiger partial charge in [0.2, 0.25) is 4.96 Å². The molecule has 4 rings (SSSR count). The van der Waals surface area contributed by atoms with Crippen LogP contribution in [0.2, 0.25) is 10.0 Å². The molecule has 31 heavy (non-hydrogen) atoms. The van der Waals surface area contributed by atoms with Crippen molar-refractivity contribution in [2.24, 2.45) is 0 Å². The maximum atomic E-state index is 12.8. The zero-order valence-corrected chi connectivity index (χ0v) is 19.2. The molecule has 0 aliphatic heterocycles. The number of hydrogen-bond acceptors (Lipinski definition) is 6. The van der Waals surface area contributed by atoms with Crippen LogP contribution in [-0.2, 0) is 0 Å². The third-order valence-corrected chi connectivity index (χ3v) is 6.10. The first-order valence-corrected chi connectivity index (χ1v) is 11.2. The fourth-order valence-corrected chi connectivity index (χ4v) is 4.39. The molecule has 2 aromatic carbocycles. The van der Waals surface area contributed by atoms with Crippen LogP contribution in [0.15, 0.2) is 41.2 Å². The molecule has 0 amide bonds. The number of ether oxygens (including phenoxy) is 2. The number of halogens is 2. The summed E-state index contributed by atoms with van der Waals surface area (Å²) in [5, 5.41) is 5.29. The van der Waals surface area contributed by atoms with Crippen molar-refractivity contribution in [1.29, 1.82) is 0 Å². The normalized spacial score (nSPS) is 11.9. The second-order valence-electron chi connectivity index (χ2n) is 6.78. The summed E-state index contributed by atoms with van der Waals surface area (Å²) in [6, 6.07) is 10.6. The molecule has 0 saturated heterocycles. The average Bonchev–Trinajstić information content (AvgIpc) is 3.28. The van der Waals surface area contributed by atoms with Gasteiger partial charge in [0.1, 0.15) is 0 Å². The maximum Gasteiger partial charge on any atom is 0.291 e. The Labute approximate surface area is 192 Å². The van der Waals surface area contributed by atoms with Crippen LogP contribution in [0.5, 0.6) is 11.5 Å². The molecule has 0 fully saturated rings. The Morgan fingerprint density at radius 2 is 2.00 bits per heavy atom. The van der Waals surface area contributed by atoms with E-state index in [1.165, 1.54) is 15.9 Å². The van der Waals surface area contributed by atoms with E-state index in [1.54, 1.807) is 31.4 Å². The Kier molecular flexibility index (Phi) is 6.46. The molecule has 0 aliphatic rings. The van der Waals surface area contributed by atoms with E-state index in [2.05, 4.69) is 17.0 Å². The zero-order valence-electron chi connectivity index (χ0n) is 16.9. The van der Waals surface area contributed by atoms with E-state index in [1.807, 2.05) is 18.2 Å². The summed E-state index contributed by atoms with van der Waals surface area (Å²) in [6.07, 6.45) is 3.82. The number of hydrogen-bond donors (Lipinski definition) is 0. The van der Waals surface area contributed by atoms with Crippen molar-refractivity contribution in [2.75, 3.05) is 13.7 Å². The zero-order chi connectivity index (χ0) is 22.0. The number of aromatic nitrogens is 3. The summed E-state index contributed by atoms with van der Waals surface area (Å²) in [6.45, 7) is 2.74. The van der Waals surface area contributed by atoms with Crippen LogP contribution < -0.4 is 19.6 Å². The van der Waals surface area contributed by atoms with Gasteiger partial charge in [-0.25, -0.2) is 0 Å². The molecule has 4 aromatic rings. The van der Waals surface area contributed by atoms with E-state index in [0.29, 0.717) is 49.0 Å². The SMILES string of the molecule is CCCCOc1ccc(/C=c2\sc3nc(-c4ccc(Cl)cc4Cl)nn3c2=O)cc1OC. The van der Waals surface area contributed by atoms with Gasteiger partial charge in [-0.1, -0.05) is 53.9 Å². The molecular weight excluding hydrogens is 457 g/mol. The monoisotopic (exact) mass is 475 g/mol. The molecule has 2 aromatic heterocycles. The molecule has 0 atom stereocenters. The predicted octanol–water partition coefficient (Wildman–Crippen LogP) is 4.86. The van der Waals surface area contributed by atoms with Crippen molar-refractivity contribution in [3.05, 3.63) is 66.9 Å². The Hall–Kier alpha value is -2.61. The number of methoxy groups -OCH3 is 1. The van der Waals surface area contributed by atoms with E-state index in [4.69, 9.17) is 32.7 Å². The van der Waals surface area contributed by atoms with Crippen LogP contribution in [0.4, 0.5) is 0 Å². The second kappa shape index (κ2) is 9.26. The lowest BCUT2D eigenvalue weighted by atomic mass is 10.2. The van der Waals surface area contributed by atoms with Crippen LogP contribution in [0.25, 0.3) is 22.4 Å². The highest BCUT2D eigenvalue weighted by Gasteiger charge is 2.15. The van der Waals surface area contributed by atoms with Crippen LogP contribution in [0.3, 0.4) is 0 Å². The van der Waals surface area contributed by atoms with Crippen LogP contribution in [-0.4, -0.2) is 28.3 Å². The number of nitrogens with zero attached hydrogens (tertiary/aromatic N) is 3. The van der Waals surface area contributed by atoms with Crippen molar-refractivity contribution < 1.29 is 9.47 Å². The van der Waals surface area contributed by atoms with Gasteiger partial charge in [0, 0.05) is 10.6 Å². The van der Waals surface area contributed by atoms with Crippen molar-refractivity contribution in [2.45, 2.75) is 19.8 Å². The number of rotatable bonds is 7. The highest BCUT2D eigenvalue weighted by atomic mass is 35.5. The first kappa shape index (κ1) is 21.6. The van der Waals surface area contributed by atoms with Gasteiger partial charge in [0.15, 0.2) is 17.3 Å². The fourth-order valence-electron chi connectivity index (χ4n) is 2.99. The lowest BCUT2D eigenvalue weighted by Gasteiger charge is -2.10. The minimum atomic E-state index is -0.244. The van der Waals surface area contributed by atoms with Gasteiger partial charge in [-0.15, -0.1) is 5.10 Å². The van der Waals surface area contributed by atoms with Gasteiger partial charge in [-0.05, 0) is 48.4 Å². The number of fused-ring (bicyclic) bond motifs is 1. The standard InChI is InChI=1S/C22H19Cl2N3O3S/c1-3-4-9-30-17-8-5-13(10-18(17)29-2)11-19-21(28)27-22(31-19)25-20(26-27)15-7-6-14(23)12-16(15)24/h5-8,10-12H,3-4,9H2,1-2H3/b19-11-. The van der Waals surface area contributed by atoms with Gasteiger partial charge in [0.25, 0.3) is 5.56 Å². The lowest BCUT2D eigenvalue weighted by molar-refractivity contribution is 0.288. The molecule has 0 spiro atoms. The predicted molar refractivity (Wildman–Crippen MR) is 125 cm³/mol. The first-order chi connectivity index (χ1) is 15.0. The van der Waals surface area contributed by atoms with Crippen molar-refractivity contribution in [3.8, 4) is 22.9 Å². The van der Waals surface area contributed by atoms with Crippen LogP contribution >= 0.6 is 34.5 Å². The Morgan fingerprint density at radius 1 is 1.16 bits per heavy atom. The average molecular weight is 476 g/mol. The smallest absolute Gasteiger partial charge is 0.291 e. The Bertz CT molecular complexity index is 1350. The Morgan fingerprint density at radius 3 is 2.71 bits per heavy atom. The molecule has 9 heteroatoms. The van der Waals surface area contributed by atoms with E-state index in [9.17, 15) is 4.79 Å². The number of thiazole rings is 1. The molecular formula is C22H19Cl2N3O3S. The lowest BCUT2D eigenvalue weighted by Crippen LogP contribution is -2.23. The molecule has 0 bridgehead atoms. The van der Waals surface area contributed by atoms with Crippen molar-refractivity contribution >= 4 is 45.6 Å². The van der Waals surface area contributed by atoms with Crippen LogP contribution in [0, 0.1) is 0 Å². The van der Waals surface area contributed by atoms with Crippen molar-refractivity contribution in [3.63, 3.8) is 0 Å². The first-order valence-electron chi connectivity index (χ1n) is 9.67. The fraction of sp³-hybridized carbons (Fsp3) is 0.227. The van der Waals surface area contributed by atoms with Gasteiger partial charge < -0.3 is 9.47 Å². The minimum Gasteiger partial charge on any atom is -0.493 e. The van der Waals surface area contributed by atoms with Gasteiger partial charge >= 0.3 is 0 Å². The summed E-state index contributed by atoms with van der Waals surface area (Å²) >= 11 is 13.4. The number of benzene rings is 2. The van der Waals surface area contributed by atoms with E-state index < -0.39 is 0 Å². The minimum absolute atomic E-state index is 0.244. The third-order valence-electron chi connectivity index (χ3n) is 4.59. The summed E-state index contributed by atoms with van der Waals surface area (Å²) in [4.78, 5) is 17.8. The topological polar surface area (TPSA) is 65.7 Å². The highest BCUT2D eigenvalue weighted by Crippen LogP contribution is 2.29. The molecule has 0 saturated carbocycles. The Balaban J connectivity index is 1.68. The molecule has 0 radical (unpaired) electrons. The summed E-state index contributed by atoms with van der Waals surface area (Å²) in [7, 11) is 1.59. The molecule has 0 aliphatic carbocycles. The maximum absolute atomic E-state index is 12.8. The van der Waals surface area contributed by atoms with Crippen molar-refractivity contribution in [1.82, 2.24) is 14.6 Å². The summed E-state index contributed by atoms with van der Waals surface area (Å²) in [5.74, 6) is 1.69. The van der Waals surface area contributed by atoms with Gasteiger partial charge in [-0.3, -0.25) is 4.79 Å².